The third-order valence-corrected chi connectivity index (χ3v) is 4.24. The maximum Gasteiger partial charge on any atom is 0.00930 e. The molecule has 0 aliphatic heterocycles. The zero-order chi connectivity index (χ0) is 10.6. The van der Waals surface area contributed by atoms with Crippen molar-refractivity contribution in [1.82, 2.24) is 0 Å². The minimum absolute atomic E-state index is 0.395. The van der Waals surface area contributed by atoms with Gasteiger partial charge in [-0.05, 0) is 30.6 Å². The Labute approximate surface area is 89.5 Å². The molecule has 1 heteroatoms. The van der Waals surface area contributed by atoms with E-state index in [1.54, 1.807) is 0 Å². The zero-order valence-corrected chi connectivity index (χ0v) is 10.2. The molecule has 0 aromatic heterocycles. The van der Waals surface area contributed by atoms with Gasteiger partial charge in [0.15, 0.2) is 0 Å². The molecule has 1 aliphatic carbocycles. The summed E-state index contributed by atoms with van der Waals surface area (Å²) >= 11 is 0. The molecule has 0 spiro atoms. The summed E-state index contributed by atoms with van der Waals surface area (Å²) in [5, 5.41) is 0. The van der Waals surface area contributed by atoms with Gasteiger partial charge in [-0.25, -0.2) is 0 Å². The Morgan fingerprint density at radius 2 is 1.86 bits per heavy atom. The van der Waals surface area contributed by atoms with Crippen molar-refractivity contribution >= 4 is 0 Å². The number of hydrogen-bond acceptors (Lipinski definition) is 1. The van der Waals surface area contributed by atoms with Crippen LogP contribution in [0.1, 0.15) is 65.7 Å². The van der Waals surface area contributed by atoms with E-state index in [1.807, 2.05) is 0 Å². The Balaban J connectivity index is 2.25. The van der Waals surface area contributed by atoms with E-state index in [0.29, 0.717) is 11.5 Å². The first-order chi connectivity index (χ1) is 6.59. The maximum atomic E-state index is 6.13. The van der Waals surface area contributed by atoms with E-state index < -0.39 is 0 Å². The molecule has 0 aromatic rings. The SMILES string of the molecule is CCCCCCC1CC[C@@H](N)C1(C)C. The fourth-order valence-electron chi connectivity index (χ4n) is 2.76. The van der Waals surface area contributed by atoms with Gasteiger partial charge in [0.2, 0.25) is 0 Å². The monoisotopic (exact) mass is 197 g/mol. The maximum absolute atomic E-state index is 6.13. The molecule has 0 aromatic carbocycles. The van der Waals surface area contributed by atoms with Crippen molar-refractivity contribution in [3.05, 3.63) is 0 Å². The van der Waals surface area contributed by atoms with E-state index in [1.165, 1.54) is 44.9 Å². The molecule has 0 saturated heterocycles. The molecule has 1 saturated carbocycles. The van der Waals surface area contributed by atoms with Crippen LogP contribution < -0.4 is 5.73 Å². The van der Waals surface area contributed by atoms with Crippen molar-refractivity contribution in [2.45, 2.75) is 71.8 Å². The first kappa shape index (κ1) is 12.0. The second kappa shape index (κ2) is 5.16. The average molecular weight is 197 g/mol. The van der Waals surface area contributed by atoms with Crippen LogP contribution in [-0.4, -0.2) is 6.04 Å². The van der Waals surface area contributed by atoms with Gasteiger partial charge in [0.05, 0.1) is 0 Å². The zero-order valence-electron chi connectivity index (χ0n) is 10.2. The molecule has 0 amide bonds. The number of rotatable bonds is 5. The number of unbranched alkanes of at least 4 members (excludes halogenated alkanes) is 3. The highest BCUT2D eigenvalue weighted by atomic mass is 14.7. The molecule has 14 heavy (non-hydrogen) atoms. The summed E-state index contributed by atoms with van der Waals surface area (Å²) in [6.07, 6.45) is 9.58. The fraction of sp³-hybridized carbons (Fsp3) is 1.00. The minimum Gasteiger partial charge on any atom is -0.327 e. The van der Waals surface area contributed by atoms with E-state index in [9.17, 15) is 0 Å². The van der Waals surface area contributed by atoms with Gasteiger partial charge in [-0.2, -0.15) is 0 Å². The van der Waals surface area contributed by atoms with Crippen LogP contribution >= 0.6 is 0 Å². The van der Waals surface area contributed by atoms with E-state index in [4.69, 9.17) is 5.73 Å². The van der Waals surface area contributed by atoms with Crippen LogP contribution in [0.3, 0.4) is 0 Å². The van der Waals surface area contributed by atoms with Crippen LogP contribution in [0.15, 0.2) is 0 Å². The van der Waals surface area contributed by atoms with Crippen LogP contribution in [-0.2, 0) is 0 Å². The third-order valence-electron chi connectivity index (χ3n) is 4.24. The van der Waals surface area contributed by atoms with Gasteiger partial charge in [-0.3, -0.25) is 0 Å². The molecule has 0 radical (unpaired) electrons. The van der Waals surface area contributed by atoms with E-state index >= 15 is 0 Å². The Kier molecular flexibility index (Phi) is 4.43. The van der Waals surface area contributed by atoms with Crippen molar-refractivity contribution < 1.29 is 0 Å². The lowest BCUT2D eigenvalue weighted by atomic mass is 9.77. The molecular formula is C13H27N. The van der Waals surface area contributed by atoms with Crippen LogP contribution in [0.25, 0.3) is 0 Å². The molecule has 2 N–H and O–H groups in total. The number of hydrogen-bond donors (Lipinski definition) is 1. The standard InChI is InChI=1S/C13H27N/c1-4-5-6-7-8-11-9-10-12(14)13(11,2)3/h11-12H,4-10,14H2,1-3H3/t11?,12-/m1/s1. The predicted molar refractivity (Wildman–Crippen MR) is 63.2 cm³/mol. The highest BCUT2D eigenvalue weighted by molar-refractivity contribution is 4.94. The van der Waals surface area contributed by atoms with Crippen molar-refractivity contribution in [2.24, 2.45) is 17.1 Å². The summed E-state index contributed by atoms with van der Waals surface area (Å²) in [7, 11) is 0. The van der Waals surface area contributed by atoms with Crippen LogP contribution in [0, 0.1) is 11.3 Å². The van der Waals surface area contributed by atoms with Crippen LogP contribution in [0.2, 0.25) is 0 Å². The van der Waals surface area contributed by atoms with Gasteiger partial charge in [-0.1, -0.05) is 46.5 Å². The van der Waals surface area contributed by atoms with Crippen LogP contribution in [0.4, 0.5) is 0 Å². The van der Waals surface area contributed by atoms with Gasteiger partial charge < -0.3 is 5.73 Å². The lowest BCUT2D eigenvalue weighted by Gasteiger charge is -2.31. The van der Waals surface area contributed by atoms with E-state index in [-0.39, 0.29) is 0 Å². The molecule has 1 nitrogen and oxygen atoms in total. The minimum atomic E-state index is 0.395. The van der Waals surface area contributed by atoms with Crippen molar-refractivity contribution in [2.75, 3.05) is 0 Å². The fourth-order valence-corrected chi connectivity index (χ4v) is 2.76. The Hall–Kier alpha value is -0.0400. The highest BCUT2D eigenvalue weighted by Crippen LogP contribution is 2.44. The molecule has 0 heterocycles. The second-order valence-corrected chi connectivity index (χ2v) is 5.55. The van der Waals surface area contributed by atoms with Gasteiger partial charge in [0.1, 0.15) is 0 Å². The van der Waals surface area contributed by atoms with Crippen molar-refractivity contribution in [1.29, 1.82) is 0 Å². The topological polar surface area (TPSA) is 26.0 Å². The lowest BCUT2D eigenvalue weighted by Crippen LogP contribution is -2.35. The summed E-state index contributed by atoms with van der Waals surface area (Å²) in [4.78, 5) is 0. The largest absolute Gasteiger partial charge is 0.327 e. The van der Waals surface area contributed by atoms with E-state index in [0.717, 1.165) is 5.92 Å². The number of nitrogens with two attached hydrogens (primary N) is 1. The summed E-state index contributed by atoms with van der Waals surface area (Å²) in [5.41, 5.74) is 6.53. The summed E-state index contributed by atoms with van der Waals surface area (Å²) in [6, 6.07) is 0.443. The third kappa shape index (κ3) is 2.73. The molecule has 84 valence electrons. The van der Waals surface area contributed by atoms with Gasteiger partial charge >= 0.3 is 0 Å². The highest BCUT2D eigenvalue weighted by Gasteiger charge is 2.40. The normalized spacial score (nSPS) is 30.9. The van der Waals surface area contributed by atoms with Crippen molar-refractivity contribution in [3.8, 4) is 0 Å². The van der Waals surface area contributed by atoms with Gasteiger partial charge in [0, 0.05) is 6.04 Å². The Morgan fingerprint density at radius 1 is 1.14 bits per heavy atom. The second-order valence-electron chi connectivity index (χ2n) is 5.55. The first-order valence-corrected chi connectivity index (χ1v) is 6.34. The summed E-state index contributed by atoms with van der Waals surface area (Å²) < 4.78 is 0. The summed E-state index contributed by atoms with van der Waals surface area (Å²) in [6.45, 7) is 6.99. The average Bonchev–Trinajstić information content (AvgIpc) is 2.38. The predicted octanol–water partition coefficient (Wildman–Crippen LogP) is 3.72. The molecule has 2 atom stereocenters. The van der Waals surface area contributed by atoms with Crippen molar-refractivity contribution in [3.63, 3.8) is 0 Å². The smallest absolute Gasteiger partial charge is 0.00930 e. The molecule has 1 rings (SSSR count). The quantitative estimate of drug-likeness (QED) is 0.668. The molecule has 1 unspecified atom stereocenters. The van der Waals surface area contributed by atoms with E-state index in [2.05, 4.69) is 20.8 Å². The Morgan fingerprint density at radius 3 is 2.36 bits per heavy atom. The molecule has 0 bridgehead atoms. The Bertz CT molecular complexity index is 163. The molecule has 1 fully saturated rings. The summed E-state index contributed by atoms with van der Waals surface area (Å²) in [5.74, 6) is 0.884. The van der Waals surface area contributed by atoms with Gasteiger partial charge in [0.25, 0.3) is 0 Å². The molecular weight excluding hydrogens is 170 g/mol. The van der Waals surface area contributed by atoms with Crippen LogP contribution in [0.5, 0.6) is 0 Å². The lowest BCUT2D eigenvalue weighted by molar-refractivity contribution is 0.216. The molecule has 1 aliphatic rings. The van der Waals surface area contributed by atoms with Gasteiger partial charge in [-0.15, -0.1) is 0 Å². The first-order valence-electron chi connectivity index (χ1n) is 6.34.